The molecule has 0 aliphatic heterocycles. The molecule has 0 spiro atoms. The van der Waals surface area contributed by atoms with Crippen molar-refractivity contribution in [2.24, 2.45) is 0 Å². The summed E-state index contributed by atoms with van der Waals surface area (Å²) in [5.41, 5.74) is -0.711. The molecule has 122 valence electrons. The predicted octanol–water partition coefficient (Wildman–Crippen LogP) is 4.11. The maximum atomic E-state index is 12.9. The summed E-state index contributed by atoms with van der Waals surface area (Å²) in [7, 11) is 1.22. The van der Waals surface area contributed by atoms with Crippen molar-refractivity contribution in [2.75, 3.05) is 12.4 Å². The Labute approximate surface area is 133 Å². The number of halogens is 3. The molecule has 0 aliphatic carbocycles. The molecule has 2 aromatic rings. The van der Waals surface area contributed by atoms with E-state index in [1.807, 2.05) is 0 Å². The molecule has 0 fully saturated rings. The van der Waals surface area contributed by atoms with Gasteiger partial charge in [0.1, 0.15) is 4.88 Å². The summed E-state index contributed by atoms with van der Waals surface area (Å²) in [6.07, 6.45) is -4.49. The Morgan fingerprint density at radius 1 is 1.13 bits per heavy atom. The van der Waals surface area contributed by atoms with Crippen molar-refractivity contribution < 1.29 is 27.5 Å². The van der Waals surface area contributed by atoms with E-state index in [0.29, 0.717) is 0 Å². The number of methoxy groups -OCH3 is 1. The Kier molecular flexibility index (Phi) is 4.74. The maximum Gasteiger partial charge on any atom is 0.416 e. The Balaban J connectivity index is 2.21. The molecule has 0 radical (unpaired) electrons. The average molecular weight is 343 g/mol. The second-order valence-corrected chi connectivity index (χ2v) is 5.72. The van der Waals surface area contributed by atoms with Crippen molar-refractivity contribution in [1.29, 1.82) is 0 Å². The second kappa shape index (κ2) is 6.41. The summed E-state index contributed by atoms with van der Waals surface area (Å²) in [4.78, 5) is 23.8. The zero-order valence-corrected chi connectivity index (χ0v) is 13.0. The first-order valence-corrected chi connectivity index (χ1v) is 7.21. The number of carbonyl (C=O) groups excluding carboxylic acids is 2. The number of nitrogens with one attached hydrogen (secondary N) is 1. The van der Waals surface area contributed by atoms with Crippen LogP contribution in [0.25, 0.3) is 0 Å². The fraction of sp³-hybridized carbons (Fsp3) is 0.200. The highest BCUT2D eigenvalue weighted by molar-refractivity contribution is 7.16. The summed E-state index contributed by atoms with van der Waals surface area (Å²) in [5.74, 6) is -1.18. The van der Waals surface area contributed by atoms with Gasteiger partial charge in [-0.3, -0.25) is 4.79 Å². The van der Waals surface area contributed by atoms with Gasteiger partial charge in [0.2, 0.25) is 0 Å². The highest BCUT2D eigenvalue weighted by Gasteiger charge is 2.32. The molecule has 8 heteroatoms. The normalized spacial score (nSPS) is 11.2. The molecular weight excluding hydrogens is 331 g/mol. The van der Waals surface area contributed by atoms with Gasteiger partial charge < -0.3 is 10.1 Å². The molecule has 1 heterocycles. The van der Waals surface area contributed by atoms with Gasteiger partial charge in [-0.1, -0.05) is 6.07 Å². The number of alkyl halides is 3. The van der Waals surface area contributed by atoms with Gasteiger partial charge in [-0.15, -0.1) is 11.3 Å². The van der Waals surface area contributed by atoms with Gasteiger partial charge in [0.15, 0.2) is 0 Å². The van der Waals surface area contributed by atoms with Gasteiger partial charge in [0.05, 0.1) is 17.6 Å². The summed E-state index contributed by atoms with van der Waals surface area (Å²) < 4.78 is 43.1. The van der Waals surface area contributed by atoms with Crippen molar-refractivity contribution in [1.82, 2.24) is 0 Å². The summed E-state index contributed by atoms with van der Waals surface area (Å²) in [6.45, 7) is 1.34. The molecule has 1 amide bonds. The molecule has 0 saturated carbocycles. The number of hydrogen-bond acceptors (Lipinski definition) is 4. The van der Waals surface area contributed by atoms with Crippen molar-refractivity contribution in [3.05, 3.63) is 51.2 Å². The van der Waals surface area contributed by atoms with Gasteiger partial charge in [-0.05, 0) is 36.8 Å². The third kappa shape index (κ3) is 3.89. The van der Waals surface area contributed by atoms with Crippen LogP contribution in [0.3, 0.4) is 0 Å². The standard InChI is InChI=1S/C15H12F3NO3S/c1-8-3-4-9(7-10(8)15(16,17)18)19-13(20)11-5-6-12(23-11)14(21)22-2/h3-7H,1-2H3,(H,19,20). The van der Waals surface area contributed by atoms with Crippen LogP contribution in [0.1, 0.15) is 30.5 Å². The molecular formula is C15H12F3NO3S. The molecule has 0 atom stereocenters. The number of carbonyl (C=O) groups is 2. The van der Waals surface area contributed by atoms with Crippen LogP contribution in [0, 0.1) is 6.92 Å². The van der Waals surface area contributed by atoms with Crippen LogP contribution in [0.4, 0.5) is 18.9 Å². The number of anilines is 1. The minimum atomic E-state index is -4.49. The van der Waals surface area contributed by atoms with E-state index < -0.39 is 23.6 Å². The lowest BCUT2D eigenvalue weighted by molar-refractivity contribution is -0.138. The van der Waals surface area contributed by atoms with Gasteiger partial charge in [0.25, 0.3) is 5.91 Å². The van der Waals surface area contributed by atoms with E-state index in [-0.39, 0.29) is 21.0 Å². The molecule has 4 nitrogen and oxygen atoms in total. The smallest absolute Gasteiger partial charge is 0.416 e. The van der Waals surface area contributed by atoms with Crippen molar-refractivity contribution in [3.8, 4) is 0 Å². The summed E-state index contributed by atoms with van der Waals surface area (Å²) >= 11 is 0.897. The van der Waals surface area contributed by atoms with E-state index in [1.165, 1.54) is 38.3 Å². The molecule has 1 aromatic heterocycles. The van der Waals surface area contributed by atoms with Gasteiger partial charge in [-0.2, -0.15) is 13.2 Å². The topological polar surface area (TPSA) is 55.4 Å². The third-order valence-electron chi connectivity index (χ3n) is 3.02. The molecule has 0 saturated heterocycles. The van der Waals surface area contributed by atoms with Crippen LogP contribution >= 0.6 is 11.3 Å². The highest BCUT2D eigenvalue weighted by Crippen LogP contribution is 2.33. The molecule has 0 unspecified atom stereocenters. The van der Waals surface area contributed by atoms with E-state index in [4.69, 9.17) is 0 Å². The number of hydrogen-bond donors (Lipinski definition) is 1. The third-order valence-corrected chi connectivity index (χ3v) is 4.08. The molecule has 1 N–H and O–H groups in total. The quantitative estimate of drug-likeness (QED) is 0.853. The van der Waals surface area contributed by atoms with Crippen LogP contribution in [-0.4, -0.2) is 19.0 Å². The van der Waals surface area contributed by atoms with Gasteiger partial charge >= 0.3 is 12.1 Å². The Hall–Kier alpha value is -2.35. The lowest BCUT2D eigenvalue weighted by atomic mass is 10.1. The number of ether oxygens (including phenoxy) is 1. The average Bonchev–Trinajstić information content (AvgIpc) is 2.97. The molecule has 0 aliphatic rings. The van der Waals surface area contributed by atoms with E-state index >= 15 is 0 Å². The predicted molar refractivity (Wildman–Crippen MR) is 79.8 cm³/mol. The minimum absolute atomic E-state index is 0.0287. The van der Waals surface area contributed by atoms with E-state index in [2.05, 4.69) is 10.1 Å². The minimum Gasteiger partial charge on any atom is -0.465 e. The van der Waals surface area contributed by atoms with Gasteiger partial charge in [-0.25, -0.2) is 4.79 Å². The van der Waals surface area contributed by atoms with Crippen molar-refractivity contribution in [2.45, 2.75) is 13.1 Å². The first-order valence-electron chi connectivity index (χ1n) is 6.39. The van der Waals surface area contributed by atoms with Crippen molar-refractivity contribution >= 4 is 28.9 Å². The molecule has 23 heavy (non-hydrogen) atoms. The van der Waals surface area contributed by atoms with Crippen LogP contribution in [0.2, 0.25) is 0 Å². The van der Waals surface area contributed by atoms with Gasteiger partial charge in [0, 0.05) is 5.69 Å². The number of aryl methyl sites for hydroxylation is 1. The van der Waals surface area contributed by atoms with E-state index in [0.717, 1.165) is 17.4 Å². The fourth-order valence-electron chi connectivity index (χ4n) is 1.87. The fourth-order valence-corrected chi connectivity index (χ4v) is 2.69. The molecule has 0 bridgehead atoms. The van der Waals surface area contributed by atoms with E-state index in [1.54, 1.807) is 0 Å². The Bertz CT molecular complexity index is 753. The molecule has 2 rings (SSSR count). The first-order chi connectivity index (χ1) is 10.7. The number of benzene rings is 1. The van der Waals surface area contributed by atoms with E-state index in [9.17, 15) is 22.8 Å². The first kappa shape index (κ1) is 17.0. The monoisotopic (exact) mass is 343 g/mol. The largest absolute Gasteiger partial charge is 0.465 e. The SMILES string of the molecule is COC(=O)c1ccc(C(=O)Nc2ccc(C)c(C(F)(F)F)c2)s1. The molecule has 1 aromatic carbocycles. The zero-order chi connectivity index (χ0) is 17.2. The summed E-state index contributed by atoms with van der Waals surface area (Å²) in [6, 6.07) is 6.37. The van der Waals surface area contributed by atoms with Crippen LogP contribution < -0.4 is 5.32 Å². The summed E-state index contributed by atoms with van der Waals surface area (Å²) in [5, 5.41) is 2.39. The zero-order valence-electron chi connectivity index (χ0n) is 12.2. The Morgan fingerprint density at radius 2 is 1.78 bits per heavy atom. The number of esters is 1. The van der Waals surface area contributed by atoms with Crippen LogP contribution in [-0.2, 0) is 10.9 Å². The number of thiophene rings is 1. The van der Waals surface area contributed by atoms with Crippen LogP contribution in [0.15, 0.2) is 30.3 Å². The number of rotatable bonds is 3. The number of amides is 1. The lowest BCUT2D eigenvalue weighted by Gasteiger charge is -2.12. The highest BCUT2D eigenvalue weighted by atomic mass is 32.1. The van der Waals surface area contributed by atoms with Crippen molar-refractivity contribution in [3.63, 3.8) is 0 Å². The Morgan fingerprint density at radius 3 is 2.39 bits per heavy atom. The van der Waals surface area contributed by atoms with Crippen LogP contribution in [0.5, 0.6) is 0 Å². The lowest BCUT2D eigenvalue weighted by Crippen LogP contribution is -2.13. The second-order valence-electron chi connectivity index (χ2n) is 4.64. The maximum absolute atomic E-state index is 12.9.